The predicted octanol–water partition coefficient (Wildman–Crippen LogP) is 3.48. The average Bonchev–Trinajstić information content (AvgIpc) is 2.72. The zero-order valence-corrected chi connectivity index (χ0v) is 10.2. The van der Waals surface area contributed by atoms with Gasteiger partial charge in [0.05, 0.1) is 11.0 Å². The maximum atomic E-state index is 11.1. The van der Waals surface area contributed by atoms with Crippen LogP contribution in [0.25, 0.3) is 21.8 Å². The highest BCUT2D eigenvalue weighted by atomic mass is 79.9. The molecular formula is C12H7BrN2O2. The summed E-state index contributed by atoms with van der Waals surface area (Å²) in [5.41, 5.74) is 1.31. The fourth-order valence-electron chi connectivity index (χ4n) is 1.95. The van der Waals surface area contributed by atoms with E-state index in [0.717, 1.165) is 19.8 Å². The highest BCUT2D eigenvalue weighted by molar-refractivity contribution is 9.10. The Morgan fingerprint density at radius 3 is 2.88 bits per heavy atom. The normalized spacial score (nSPS) is 11.1. The summed E-state index contributed by atoms with van der Waals surface area (Å²) in [5, 5.41) is 11.0. The lowest BCUT2D eigenvalue weighted by Gasteiger charge is -2.02. The zero-order chi connectivity index (χ0) is 12.0. The third-order valence-corrected chi connectivity index (χ3v) is 3.18. The van der Waals surface area contributed by atoms with Crippen LogP contribution in [0.3, 0.4) is 0 Å². The molecule has 0 aliphatic rings. The van der Waals surface area contributed by atoms with Crippen LogP contribution in [0, 0.1) is 0 Å². The maximum absolute atomic E-state index is 11.1. The molecule has 17 heavy (non-hydrogen) atoms. The van der Waals surface area contributed by atoms with E-state index in [1.807, 2.05) is 30.3 Å². The molecule has 4 nitrogen and oxygen atoms in total. The first-order valence-corrected chi connectivity index (χ1v) is 5.75. The number of fused-ring (bicyclic) bond motifs is 3. The number of halogens is 1. The molecule has 0 fully saturated rings. The lowest BCUT2D eigenvalue weighted by atomic mass is 10.1. The third-order valence-electron chi connectivity index (χ3n) is 2.69. The smallest absolute Gasteiger partial charge is 0.417 e. The number of nitrogens with zero attached hydrogens (tertiary/aromatic N) is 2. The van der Waals surface area contributed by atoms with Crippen molar-refractivity contribution in [1.82, 2.24) is 9.55 Å². The van der Waals surface area contributed by atoms with Crippen molar-refractivity contribution in [3.8, 4) is 0 Å². The Balaban J connectivity index is 2.52. The van der Waals surface area contributed by atoms with Crippen molar-refractivity contribution in [3.05, 3.63) is 41.1 Å². The molecule has 0 atom stereocenters. The van der Waals surface area contributed by atoms with Gasteiger partial charge in [-0.15, -0.1) is 0 Å². The Bertz CT molecular complexity index is 749. The molecule has 1 N–H and O–H groups in total. The van der Waals surface area contributed by atoms with Crippen LogP contribution in [0.15, 0.2) is 41.1 Å². The molecule has 5 heteroatoms. The van der Waals surface area contributed by atoms with Crippen molar-refractivity contribution in [2.24, 2.45) is 0 Å². The van der Waals surface area contributed by atoms with Crippen LogP contribution in [0.5, 0.6) is 0 Å². The van der Waals surface area contributed by atoms with E-state index in [4.69, 9.17) is 5.11 Å². The van der Waals surface area contributed by atoms with Crippen molar-refractivity contribution in [2.45, 2.75) is 0 Å². The van der Waals surface area contributed by atoms with E-state index in [1.54, 1.807) is 0 Å². The zero-order valence-electron chi connectivity index (χ0n) is 8.59. The van der Waals surface area contributed by atoms with Gasteiger partial charge in [-0.2, -0.15) is 0 Å². The molecule has 3 rings (SSSR count). The van der Waals surface area contributed by atoms with Crippen molar-refractivity contribution in [3.63, 3.8) is 0 Å². The molecule has 84 valence electrons. The molecule has 1 heterocycles. The number of carbonyl (C=O) groups is 1. The van der Waals surface area contributed by atoms with Crippen molar-refractivity contribution < 1.29 is 9.90 Å². The number of benzene rings is 2. The Kier molecular flexibility index (Phi) is 2.16. The number of aromatic nitrogens is 2. The number of rotatable bonds is 0. The molecule has 0 saturated heterocycles. The quantitative estimate of drug-likeness (QED) is 0.690. The third kappa shape index (κ3) is 1.51. The first kappa shape index (κ1) is 10.3. The molecule has 0 unspecified atom stereocenters. The van der Waals surface area contributed by atoms with Gasteiger partial charge in [-0.1, -0.05) is 28.1 Å². The first-order chi connectivity index (χ1) is 8.16. The van der Waals surface area contributed by atoms with Crippen LogP contribution < -0.4 is 0 Å². The second-order valence-corrected chi connectivity index (χ2v) is 4.61. The summed E-state index contributed by atoms with van der Waals surface area (Å²) in [6.07, 6.45) is 0.303. The van der Waals surface area contributed by atoms with Crippen LogP contribution in [-0.4, -0.2) is 20.8 Å². The van der Waals surface area contributed by atoms with E-state index in [-0.39, 0.29) is 0 Å². The van der Waals surface area contributed by atoms with Crippen LogP contribution in [0.4, 0.5) is 4.79 Å². The van der Waals surface area contributed by atoms with E-state index in [2.05, 4.69) is 20.9 Å². The number of imidazole rings is 1. The van der Waals surface area contributed by atoms with Crippen LogP contribution in [0.2, 0.25) is 0 Å². The van der Waals surface area contributed by atoms with Gasteiger partial charge in [0.15, 0.2) is 0 Å². The standard InChI is InChI=1S/C12H7BrN2O2/c13-8-2-3-9-7(5-8)1-4-10-11(9)15(6-14-10)12(16)17/h1-6H,(H,16,17). The average molecular weight is 291 g/mol. The minimum absolute atomic E-state index is 0.627. The Labute approximate surface area is 105 Å². The fourth-order valence-corrected chi connectivity index (χ4v) is 2.33. The van der Waals surface area contributed by atoms with Crippen LogP contribution in [-0.2, 0) is 0 Å². The summed E-state index contributed by atoms with van der Waals surface area (Å²) in [6.45, 7) is 0. The molecule has 0 radical (unpaired) electrons. The molecule has 0 saturated carbocycles. The van der Waals surface area contributed by atoms with E-state index in [1.165, 1.54) is 6.33 Å². The van der Waals surface area contributed by atoms with Gasteiger partial charge < -0.3 is 5.11 Å². The summed E-state index contributed by atoms with van der Waals surface area (Å²) < 4.78 is 2.11. The monoisotopic (exact) mass is 290 g/mol. The van der Waals surface area contributed by atoms with E-state index < -0.39 is 6.09 Å². The van der Waals surface area contributed by atoms with Crippen LogP contribution in [0.1, 0.15) is 0 Å². The highest BCUT2D eigenvalue weighted by Gasteiger charge is 2.11. The summed E-state index contributed by atoms with van der Waals surface area (Å²) in [4.78, 5) is 15.2. The van der Waals surface area contributed by atoms with E-state index >= 15 is 0 Å². The van der Waals surface area contributed by atoms with Gasteiger partial charge in [-0.05, 0) is 23.6 Å². The number of hydrogen-bond acceptors (Lipinski definition) is 2. The molecule has 0 bridgehead atoms. The topological polar surface area (TPSA) is 55.1 Å². The number of hydrogen-bond donors (Lipinski definition) is 1. The second-order valence-electron chi connectivity index (χ2n) is 3.70. The van der Waals surface area contributed by atoms with Gasteiger partial charge >= 0.3 is 6.09 Å². The summed E-state index contributed by atoms with van der Waals surface area (Å²) >= 11 is 3.40. The van der Waals surface area contributed by atoms with Gasteiger partial charge in [-0.25, -0.2) is 14.3 Å². The van der Waals surface area contributed by atoms with Gasteiger partial charge in [-0.3, -0.25) is 0 Å². The second kappa shape index (κ2) is 3.56. The Morgan fingerprint density at radius 2 is 2.12 bits per heavy atom. The summed E-state index contributed by atoms with van der Waals surface area (Å²) in [7, 11) is 0. The van der Waals surface area contributed by atoms with Gasteiger partial charge in [0.25, 0.3) is 0 Å². The Morgan fingerprint density at radius 1 is 1.29 bits per heavy atom. The molecule has 1 aromatic heterocycles. The van der Waals surface area contributed by atoms with Crippen molar-refractivity contribution in [2.75, 3.05) is 0 Å². The molecule has 0 amide bonds. The molecule has 0 aliphatic heterocycles. The minimum Gasteiger partial charge on any atom is -0.464 e. The minimum atomic E-state index is -1.03. The molecule has 3 aromatic rings. The Hall–Kier alpha value is -1.88. The predicted molar refractivity (Wildman–Crippen MR) is 68.4 cm³/mol. The maximum Gasteiger partial charge on any atom is 0.417 e. The first-order valence-electron chi connectivity index (χ1n) is 4.95. The number of carboxylic acid groups (broad SMARTS) is 1. The highest BCUT2D eigenvalue weighted by Crippen LogP contribution is 2.27. The molecule has 0 spiro atoms. The van der Waals surface area contributed by atoms with Crippen LogP contribution >= 0.6 is 15.9 Å². The van der Waals surface area contributed by atoms with Crippen molar-refractivity contribution >= 4 is 43.8 Å². The fraction of sp³-hybridized carbons (Fsp3) is 0. The molecule has 2 aromatic carbocycles. The van der Waals surface area contributed by atoms with Gasteiger partial charge in [0.2, 0.25) is 0 Å². The summed E-state index contributed by atoms with van der Waals surface area (Å²) in [6, 6.07) is 9.49. The van der Waals surface area contributed by atoms with E-state index in [0.29, 0.717) is 11.0 Å². The molecule has 0 aliphatic carbocycles. The van der Waals surface area contributed by atoms with Gasteiger partial charge in [0.1, 0.15) is 6.33 Å². The lowest BCUT2D eigenvalue weighted by Crippen LogP contribution is -2.05. The molecular weight excluding hydrogens is 284 g/mol. The van der Waals surface area contributed by atoms with Crippen molar-refractivity contribution in [1.29, 1.82) is 0 Å². The lowest BCUT2D eigenvalue weighted by molar-refractivity contribution is 0.197. The van der Waals surface area contributed by atoms with E-state index in [9.17, 15) is 4.79 Å². The largest absolute Gasteiger partial charge is 0.464 e. The summed E-state index contributed by atoms with van der Waals surface area (Å²) in [5.74, 6) is 0. The SMILES string of the molecule is O=C(O)n1cnc2ccc3cc(Br)ccc3c21. The van der Waals surface area contributed by atoms with Gasteiger partial charge in [0, 0.05) is 9.86 Å².